The summed E-state index contributed by atoms with van der Waals surface area (Å²) in [7, 11) is 0. The number of carbonyl (C=O) groups is 1. The molecule has 2 aromatic rings. The maximum Gasteiger partial charge on any atom is 0.315 e. The van der Waals surface area contributed by atoms with Crippen LogP contribution in [0.5, 0.6) is 0 Å². The zero-order valence-corrected chi connectivity index (χ0v) is 16.0. The molecule has 2 heterocycles. The van der Waals surface area contributed by atoms with E-state index < -0.39 is 0 Å². The van der Waals surface area contributed by atoms with Crippen molar-refractivity contribution in [1.29, 1.82) is 0 Å². The molecule has 1 fully saturated rings. The van der Waals surface area contributed by atoms with Gasteiger partial charge in [-0.1, -0.05) is 23.8 Å². The lowest BCUT2D eigenvalue weighted by atomic mass is 10.2. The van der Waals surface area contributed by atoms with Gasteiger partial charge < -0.3 is 15.5 Å². The van der Waals surface area contributed by atoms with Crippen LogP contribution < -0.4 is 15.5 Å². The van der Waals surface area contributed by atoms with Crippen molar-refractivity contribution in [3.05, 3.63) is 53.7 Å². The SMILES string of the molecule is Cc1ccc(SCCNC(=O)NCc2ccc(N3CCCC3)nc2)cc1. The van der Waals surface area contributed by atoms with Crippen molar-refractivity contribution in [2.24, 2.45) is 0 Å². The molecule has 2 N–H and O–H groups in total. The first-order chi connectivity index (χ1) is 12.7. The van der Waals surface area contributed by atoms with Gasteiger partial charge in [-0.15, -0.1) is 11.8 Å². The molecule has 1 aliphatic rings. The van der Waals surface area contributed by atoms with Crippen LogP contribution in [0, 0.1) is 6.92 Å². The van der Waals surface area contributed by atoms with E-state index in [-0.39, 0.29) is 6.03 Å². The van der Waals surface area contributed by atoms with Crippen molar-refractivity contribution in [3.63, 3.8) is 0 Å². The highest BCUT2D eigenvalue weighted by atomic mass is 32.2. The number of nitrogens with zero attached hydrogens (tertiary/aromatic N) is 2. The minimum atomic E-state index is -0.141. The molecule has 1 saturated heterocycles. The second-order valence-corrected chi connectivity index (χ2v) is 7.66. The van der Waals surface area contributed by atoms with Crippen molar-refractivity contribution in [1.82, 2.24) is 15.6 Å². The summed E-state index contributed by atoms with van der Waals surface area (Å²) in [6.45, 7) is 5.39. The normalized spacial score (nSPS) is 13.7. The van der Waals surface area contributed by atoms with Crippen LogP contribution in [0.4, 0.5) is 10.6 Å². The molecule has 0 spiro atoms. The Morgan fingerprint density at radius 1 is 1.12 bits per heavy atom. The van der Waals surface area contributed by atoms with Crippen molar-refractivity contribution in [2.45, 2.75) is 31.2 Å². The maximum atomic E-state index is 11.9. The number of benzene rings is 1. The average Bonchev–Trinajstić information content (AvgIpc) is 3.20. The van der Waals surface area contributed by atoms with Gasteiger partial charge in [-0.25, -0.2) is 9.78 Å². The predicted octanol–water partition coefficient (Wildman–Crippen LogP) is 3.58. The Kier molecular flexibility index (Phi) is 6.77. The Labute approximate surface area is 159 Å². The molecule has 138 valence electrons. The van der Waals surface area contributed by atoms with Gasteiger partial charge in [-0.2, -0.15) is 0 Å². The molecule has 0 atom stereocenters. The largest absolute Gasteiger partial charge is 0.357 e. The van der Waals surface area contributed by atoms with Gasteiger partial charge >= 0.3 is 6.03 Å². The van der Waals surface area contributed by atoms with E-state index in [1.807, 2.05) is 18.3 Å². The van der Waals surface area contributed by atoms with Gasteiger partial charge in [0.05, 0.1) is 0 Å². The average molecular weight is 371 g/mol. The molecule has 3 rings (SSSR count). The Morgan fingerprint density at radius 2 is 1.88 bits per heavy atom. The van der Waals surface area contributed by atoms with Gasteiger partial charge in [0, 0.05) is 43.0 Å². The van der Waals surface area contributed by atoms with E-state index in [1.165, 1.54) is 23.3 Å². The third-order valence-electron chi connectivity index (χ3n) is 4.37. The maximum absolute atomic E-state index is 11.9. The second kappa shape index (κ2) is 9.48. The number of carbonyl (C=O) groups excluding carboxylic acids is 1. The summed E-state index contributed by atoms with van der Waals surface area (Å²) in [6.07, 6.45) is 4.34. The quantitative estimate of drug-likeness (QED) is 0.578. The first-order valence-corrected chi connectivity index (χ1v) is 10.1. The van der Waals surface area contributed by atoms with Gasteiger partial charge in [0.25, 0.3) is 0 Å². The summed E-state index contributed by atoms with van der Waals surface area (Å²) in [5, 5.41) is 5.77. The number of thioether (sulfide) groups is 1. The molecular weight excluding hydrogens is 344 g/mol. The molecule has 26 heavy (non-hydrogen) atoms. The number of nitrogens with one attached hydrogen (secondary N) is 2. The number of anilines is 1. The predicted molar refractivity (Wildman–Crippen MR) is 108 cm³/mol. The lowest BCUT2D eigenvalue weighted by Crippen LogP contribution is -2.36. The number of aryl methyl sites for hydroxylation is 1. The fourth-order valence-electron chi connectivity index (χ4n) is 2.87. The van der Waals surface area contributed by atoms with Crippen LogP contribution in [0.15, 0.2) is 47.5 Å². The number of hydrogen-bond acceptors (Lipinski definition) is 4. The second-order valence-electron chi connectivity index (χ2n) is 6.49. The van der Waals surface area contributed by atoms with Gasteiger partial charge in [-0.3, -0.25) is 0 Å². The summed E-state index contributed by atoms with van der Waals surface area (Å²) >= 11 is 1.74. The van der Waals surface area contributed by atoms with Crippen LogP contribution in [0.1, 0.15) is 24.0 Å². The topological polar surface area (TPSA) is 57.3 Å². The van der Waals surface area contributed by atoms with Gasteiger partial charge in [0.1, 0.15) is 5.82 Å². The minimum Gasteiger partial charge on any atom is -0.357 e. The molecule has 1 aromatic heterocycles. The Balaban J connectivity index is 1.32. The molecule has 0 saturated carbocycles. The lowest BCUT2D eigenvalue weighted by Gasteiger charge is -2.16. The summed E-state index contributed by atoms with van der Waals surface area (Å²) in [4.78, 5) is 19.9. The van der Waals surface area contributed by atoms with Gasteiger partial charge in [0.2, 0.25) is 0 Å². The first-order valence-electron chi connectivity index (χ1n) is 9.12. The number of aromatic nitrogens is 1. The zero-order valence-electron chi connectivity index (χ0n) is 15.2. The van der Waals surface area contributed by atoms with Crippen LogP contribution in [0.3, 0.4) is 0 Å². The molecule has 2 amide bonds. The number of urea groups is 1. The molecule has 6 heteroatoms. The highest BCUT2D eigenvalue weighted by Gasteiger charge is 2.12. The van der Waals surface area contributed by atoms with Crippen LogP contribution in [-0.4, -0.2) is 36.4 Å². The van der Waals surface area contributed by atoms with E-state index >= 15 is 0 Å². The fraction of sp³-hybridized carbons (Fsp3) is 0.400. The molecule has 5 nitrogen and oxygen atoms in total. The van der Waals surface area contributed by atoms with E-state index in [2.05, 4.69) is 51.7 Å². The van der Waals surface area contributed by atoms with E-state index in [0.717, 1.165) is 30.2 Å². The van der Waals surface area contributed by atoms with E-state index in [1.54, 1.807) is 11.8 Å². The van der Waals surface area contributed by atoms with Crippen LogP contribution in [0.25, 0.3) is 0 Å². The van der Waals surface area contributed by atoms with Crippen molar-refractivity contribution in [2.75, 3.05) is 30.3 Å². The van der Waals surface area contributed by atoms with E-state index in [4.69, 9.17) is 0 Å². The summed E-state index contributed by atoms with van der Waals surface area (Å²) in [5.41, 5.74) is 2.27. The fourth-order valence-corrected chi connectivity index (χ4v) is 3.64. The van der Waals surface area contributed by atoms with Crippen molar-refractivity contribution in [3.8, 4) is 0 Å². The monoisotopic (exact) mass is 370 g/mol. The molecule has 0 bridgehead atoms. The third kappa shape index (κ3) is 5.66. The Morgan fingerprint density at radius 3 is 2.58 bits per heavy atom. The number of rotatable bonds is 7. The minimum absolute atomic E-state index is 0.141. The lowest BCUT2D eigenvalue weighted by molar-refractivity contribution is 0.241. The molecule has 0 unspecified atom stereocenters. The van der Waals surface area contributed by atoms with E-state index in [0.29, 0.717) is 13.1 Å². The van der Waals surface area contributed by atoms with Crippen molar-refractivity contribution >= 4 is 23.6 Å². The van der Waals surface area contributed by atoms with Crippen LogP contribution in [-0.2, 0) is 6.54 Å². The number of amides is 2. The van der Waals surface area contributed by atoms with E-state index in [9.17, 15) is 4.79 Å². The molecule has 0 aliphatic carbocycles. The van der Waals surface area contributed by atoms with Gasteiger partial charge in [0.15, 0.2) is 0 Å². The third-order valence-corrected chi connectivity index (χ3v) is 5.38. The Hall–Kier alpha value is -2.21. The first kappa shape index (κ1) is 18.6. The zero-order chi connectivity index (χ0) is 18.2. The molecule has 1 aliphatic heterocycles. The number of hydrogen-bond donors (Lipinski definition) is 2. The summed E-state index contributed by atoms with van der Waals surface area (Å²) in [5.74, 6) is 1.88. The molecular formula is C20H26N4OS. The molecule has 1 aromatic carbocycles. The summed E-state index contributed by atoms with van der Waals surface area (Å²) < 4.78 is 0. The highest BCUT2D eigenvalue weighted by Crippen LogP contribution is 2.18. The van der Waals surface area contributed by atoms with Crippen LogP contribution in [0.2, 0.25) is 0 Å². The number of pyridine rings is 1. The Bertz CT molecular complexity index is 697. The van der Waals surface area contributed by atoms with Crippen molar-refractivity contribution < 1.29 is 4.79 Å². The summed E-state index contributed by atoms with van der Waals surface area (Å²) in [6, 6.07) is 12.4. The molecule has 0 radical (unpaired) electrons. The smallest absolute Gasteiger partial charge is 0.315 e. The van der Waals surface area contributed by atoms with Gasteiger partial charge in [-0.05, 0) is 43.5 Å². The van der Waals surface area contributed by atoms with Crippen LogP contribution >= 0.6 is 11.8 Å². The highest BCUT2D eigenvalue weighted by molar-refractivity contribution is 7.99. The standard InChI is InChI=1S/C20H26N4OS/c1-16-4-7-18(8-5-16)26-13-10-21-20(25)23-15-17-6-9-19(22-14-17)24-11-2-3-12-24/h4-9,14H,2-3,10-13,15H2,1H3,(H2,21,23,25).